The molecule has 0 unspecified atom stereocenters. The van der Waals surface area contributed by atoms with Gasteiger partial charge in [-0.2, -0.15) is 0 Å². The molecule has 2 amide bonds. The van der Waals surface area contributed by atoms with E-state index in [4.69, 9.17) is 9.47 Å². The maximum absolute atomic E-state index is 13.1. The summed E-state index contributed by atoms with van der Waals surface area (Å²) >= 11 is 1.58. The third kappa shape index (κ3) is 5.92. The third-order valence-electron chi connectivity index (χ3n) is 4.58. The smallest absolute Gasteiger partial charge is 0.272 e. The summed E-state index contributed by atoms with van der Waals surface area (Å²) in [7, 11) is 3.09. The predicted octanol–water partition coefficient (Wildman–Crippen LogP) is 4.84. The van der Waals surface area contributed by atoms with Crippen molar-refractivity contribution in [3.05, 3.63) is 89.6 Å². The highest BCUT2D eigenvalue weighted by Crippen LogP contribution is 2.28. The summed E-state index contributed by atoms with van der Waals surface area (Å²) in [6, 6.07) is 21.4. The topological polar surface area (TPSA) is 76.7 Å². The molecule has 0 aromatic heterocycles. The van der Waals surface area contributed by atoms with Crippen LogP contribution in [0.15, 0.2) is 83.4 Å². The number of hydrogen-bond acceptors (Lipinski definition) is 5. The molecule has 0 atom stereocenters. The molecule has 0 aliphatic heterocycles. The number of anilines is 1. The first kappa shape index (κ1) is 23.0. The van der Waals surface area contributed by atoms with E-state index in [1.807, 2.05) is 30.5 Å². The van der Waals surface area contributed by atoms with Crippen molar-refractivity contribution in [3.63, 3.8) is 0 Å². The lowest BCUT2D eigenvalue weighted by Gasteiger charge is -2.13. The lowest BCUT2D eigenvalue weighted by Crippen LogP contribution is -2.30. The molecule has 0 bridgehead atoms. The minimum atomic E-state index is -0.442. The molecule has 3 aromatic rings. The molecule has 32 heavy (non-hydrogen) atoms. The van der Waals surface area contributed by atoms with Gasteiger partial charge in [0, 0.05) is 16.1 Å². The van der Waals surface area contributed by atoms with Crippen LogP contribution in [0.4, 0.5) is 5.69 Å². The minimum absolute atomic E-state index is 0.0978. The van der Waals surface area contributed by atoms with Gasteiger partial charge in [-0.15, -0.1) is 11.8 Å². The number of methoxy groups -OCH3 is 2. The quantitative estimate of drug-likeness (QED) is 0.381. The molecule has 7 heteroatoms. The Labute approximate surface area is 191 Å². The normalized spacial score (nSPS) is 10.9. The number of hydrogen-bond donors (Lipinski definition) is 2. The zero-order valence-electron chi connectivity index (χ0n) is 18.0. The van der Waals surface area contributed by atoms with E-state index in [9.17, 15) is 9.59 Å². The second-order valence-electron chi connectivity index (χ2n) is 6.68. The lowest BCUT2D eigenvalue weighted by molar-refractivity contribution is -0.113. The number of thioether (sulfide) groups is 1. The number of ether oxygens (including phenoxy) is 2. The van der Waals surface area contributed by atoms with E-state index in [0.717, 1.165) is 4.90 Å². The van der Waals surface area contributed by atoms with Gasteiger partial charge in [0.15, 0.2) is 11.5 Å². The Morgan fingerprint density at radius 1 is 0.875 bits per heavy atom. The summed E-state index contributed by atoms with van der Waals surface area (Å²) in [4.78, 5) is 26.9. The molecule has 0 aliphatic carbocycles. The van der Waals surface area contributed by atoms with Gasteiger partial charge in [-0.05, 0) is 60.4 Å². The second-order valence-corrected chi connectivity index (χ2v) is 7.56. The van der Waals surface area contributed by atoms with E-state index in [-0.39, 0.29) is 11.6 Å². The maximum atomic E-state index is 13.1. The molecule has 0 fully saturated rings. The Hall–Kier alpha value is -3.71. The molecular weight excluding hydrogens is 424 g/mol. The van der Waals surface area contributed by atoms with E-state index in [0.29, 0.717) is 28.3 Å². The molecule has 0 saturated carbocycles. The number of nitrogens with one attached hydrogen (secondary N) is 2. The van der Waals surface area contributed by atoms with Crippen LogP contribution in [0.2, 0.25) is 0 Å². The zero-order chi connectivity index (χ0) is 22.9. The van der Waals surface area contributed by atoms with Crippen LogP contribution in [0, 0.1) is 0 Å². The number of carbonyl (C=O) groups excluding carboxylic acids is 2. The van der Waals surface area contributed by atoms with Gasteiger partial charge in [-0.3, -0.25) is 9.59 Å². The van der Waals surface area contributed by atoms with Gasteiger partial charge in [0.05, 0.1) is 14.2 Å². The van der Waals surface area contributed by atoms with Crippen LogP contribution in [0.25, 0.3) is 6.08 Å². The van der Waals surface area contributed by atoms with Crippen molar-refractivity contribution in [2.45, 2.75) is 4.90 Å². The fourth-order valence-electron chi connectivity index (χ4n) is 2.95. The van der Waals surface area contributed by atoms with Crippen molar-refractivity contribution in [3.8, 4) is 11.5 Å². The molecular formula is C25H24N2O4S. The first-order valence-corrected chi connectivity index (χ1v) is 11.0. The second kappa shape index (κ2) is 11.1. The number of amides is 2. The van der Waals surface area contributed by atoms with Gasteiger partial charge in [-0.1, -0.05) is 30.3 Å². The lowest BCUT2D eigenvalue weighted by atomic mass is 10.1. The minimum Gasteiger partial charge on any atom is -0.493 e. The molecule has 164 valence electrons. The Morgan fingerprint density at radius 3 is 2.31 bits per heavy atom. The molecule has 0 aliphatic rings. The molecule has 0 radical (unpaired) electrons. The van der Waals surface area contributed by atoms with Crippen LogP contribution in [0.3, 0.4) is 0 Å². The van der Waals surface area contributed by atoms with Crippen molar-refractivity contribution in [2.75, 3.05) is 25.8 Å². The Morgan fingerprint density at radius 2 is 1.62 bits per heavy atom. The molecule has 6 nitrogen and oxygen atoms in total. The number of carbonyl (C=O) groups is 2. The fourth-order valence-corrected chi connectivity index (χ4v) is 3.41. The highest BCUT2D eigenvalue weighted by molar-refractivity contribution is 7.98. The van der Waals surface area contributed by atoms with Crippen molar-refractivity contribution in [1.29, 1.82) is 0 Å². The van der Waals surface area contributed by atoms with E-state index in [2.05, 4.69) is 10.6 Å². The van der Waals surface area contributed by atoms with Gasteiger partial charge < -0.3 is 20.1 Å². The summed E-state index contributed by atoms with van der Waals surface area (Å²) in [5.41, 5.74) is 1.84. The molecule has 3 rings (SSSR count). The first-order chi connectivity index (χ1) is 15.5. The Kier molecular flexibility index (Phi) is 7.94. The standard InChI is InChI=1S/C25H24N2O4S/c1-30-22-13-12-17(15-23(22)31-2)14-21(27-24(28)18-8-5-4-6-9-18)25(29)26-19-10-7-11-20(16-19)32-3/h4-16H,1-3H3,(H,26,29)(H,27,28)/b21-14+. The molecule has 0 spiro atoms. The third-order valence-corrected chi connectivity index (χ3v) is 5.30. The summed E-state index contributed by atoms with van der Waals surface area (Å²) in [6.45, 7) is 0. The highest BCUT2D eigenvalue weighted by atomic mass is 32.2. The summed E-state index contributed by atoms with van der Waals surface area (Å²) in [6.07, 6.45) is 3.56. The Bertz CT molecular complexity index is 1130. The predicted molar refractivity (Wildman–Crippen MR) is 128 cm³/mol. The average molecular weight is 449 g/mol. The van der Waals surface area contributed by atoms with Gasteiger partial charge in [0.1, 0.15) is 5.70 Å². The molecule has 0 heterocycles. The summed E-state index contributed by atoms with van der Waals surface area (Å²) in [5, 5.41) is 5.58. The number of benzene rings is 3. The summed E-state index contributed by atoms with van der Waals surface area (Å²) < 4.78 is 10.6. The summed E-state index contributed by atoms with van der Waals surface area (Å²) in [5.74, 6) is 0.258. The van der Waals surface area contributed by atoms with Crippen LogP contribution in [-0.2, 0) is 4.79 Å². The zero-order valence-corrected chi connectivity index (χ0v) is 18.9. The van der Waals surface area contributed by atoms with Crippen LogP contribution in [0.1, 0.15) is 15.9 Å². The van der Waals surface area contributed by atoms with Crippen molar-refractivity contribution >= 4 is 35.3 Å². The van der Waals surface area contributed by atoms with Crippen LogP contribution in [-0.4, -0.2) is 32.3 Å². The van der Waals surface area contributed by atoms with Gasteiger partial charge in [0.2, 0.25) is 0 Å². The fraction of sp³-hybridized carbons (Fsp3) is 0.120. The van der Waals surface area contributed by atoms with Crippen LogP contribution in [0.5, 0.6) is 11.5 Å². The average Bonchev–Trinajstić information content (AvgIpc) is 2.84. The van der Waals surface area contributed by atoms with Gasteiger partial charge >= 0.3 is 0 Å². The monoisotopic (exact) mass is 448 g/mol. The van der Waals surface area contributed by atoms with Crippen LogP contribution < -0.4 is 20.1 Å². The SMILES string of the molecule is COc1ccc(/C=C(/NC(=O)c2ccccc2)C(=O)Nc2cccc(SC)c2)cc1OC. The van der Waals surface area contributed by atoms with E-state index in [1.165, 1.54) is 7.11 Å². The van der Waals surface area contributed by atoms with E-state index in [1.54, 1.807) is 73.5 Å². The van der Waals surface area contributed by atoms with Crippen molar-refractivity contribution in [1.82, 2.24) is 5.32 Å². The van der Waals surface area contributed by atoms with Crippen molar-refractivity contribution < 1.29 is 19.1 Å². The first-order valence-electron chi connectivity index (χ1n) is 9.79. The van der Waals surface area contributed by atoms with E-state index >= 15 is 0 Å². The highest BCUT2D eigenvalue weighted by Gasteiger charge is 2.16. The molecule has 0 saturated heterocycles. The van der Waals surface area contributed by atoms with Gasteiger partial charge in [-0.25, -0.2) is 0 Å². The number of rotatable bonds is 8. The van der Waals surface area contributed by atoms with Crippen LogP contribution >= 0.6 is 11.8 Å². The molecule has 2 N–H and O–H groups in total. The van der Waals surface area contributed by atoms with E-state index < -0.39 is 5.91 Å². The van der Waals surface area contributed by atoms with Crippen molar-refractivity contribution in [2.24, 2.45) is 0 Å². The largest absolute Gasteiger partial charge is 0.493 e. The molecule has 3 aromatic carbocycles. The maximum Gasteiger partial charge on any atom is 0.272 e. The Balaban J connectivity index is 1.93. The van der Waals surface area contributed by atoms with Gasteiger partial charge in [0.25, 0.3) is 11.8 Å².